The van der Waals surface area contributed by atoms with Gasteiger partial charge in [-0.25, -0.2) is 4.39 Å². The SMILES string of the molecule is CCCC(C)COc1cc(F)cc(CNC)c1. The van der Waals surface area contributed by atoms with Crippen LogP contribution >= 0.6 is 0 Å². The molecule has 0 aliphatic carbocycles. The van der Waals surface area contributed by atoms with E-state index in [0.717, 1.165) is 18.4 Å². The van der Waals surface area contributed by atoms with Gasteiger partial charge >= 0.3 is 0 Å². The average Bonchev–Trinajstić information content (AvgIpc) is 2.26. The highest BCUT2D eigenvalue weighted by molar-refractivity contribution is 5.29. The first kappa shape index (κ1) is 14.0. The summed E-state index contributed by atoms with van der Waals surface area (Å²) in [5.41, 5.74) is 0.908. The number of rotatable bonds is 7. The molecule has 1 atom stereocenters. The van der Waals surface area contributed by atoms with Crippen molar-refractivity contribution in [2.45, 2.75) is 33.2 Å². The Morgan fingerprint density at radius 2 is 2.12 bits per heavy atom. The van der Waals surface area contributed by atoms with Gasteiger partial charge < -0.3 is 10.1 Å². The Bertz CT molecular complexity index is 341. The quantitative estimate of drug-likeness (QED) is 0.787. The van der Waals surface area contributed by atoms with E-state index in [9.17, 15) is 4.39 Å². The summed E-state index contributed by atoms with van der Waals surface area (Å²) in [5.74, 6) is 0.894. The molecule has 0 saturated heterocycles. The topological polar surface area (TPSA) is 21.3 Å². The molecule has 0 heterocycles. The van der Waals surface area contributed by atoms with E-state index in [1.807, 2.05) is 13.1 Å². The summed E-state index contributed by atoms with van der Waals surface area (Å²) in [5, 5.41) is 3.00. The third kappa shape index (κ3) is 5.18. The second kappa shape index (κ2) is 7.28. The van der Waals surface area contributed by atoms with Gasteiger partial charge in [0.25, 0.3) is 0 Å². The van der Waals surface area contributed by atoms with Gasteiger partial charge in [0.1, 0.15) is 11.6 Å². The number of ether oxygens (including phenoxy) is 1. The first-order valence-corrected chi connectivity index (χ1v) is 6.22. The van der Waals surface area contributed by atoms with E-state index in [2.05, 4.69) is 19.2 Å². The number of halogens is 1. The van der Waals surface area contributed by atoms with Crippen LogP contribution in [0.4, 0.5) is 4.39 Å². The van der Waals surface area contributed by atoms with Crippen molar-refractivity contribution in [1.29, 1.82) is 0 Å². The van der Waals surface area contributed by atoms with Gasteiger partial charge in [0.15, 0.2) is 0 Å². The lowest BCUT2D eigenvalue weighted by molar-refractivity contribution is 0.250. The molecule has 1 unspecified atom stereocenters. The molecule has 0 aliphatic rings. The summed E-state index contributed by atoms with van der Waals surface area (Å²) >= 11 is 0. The first-order valence-electron chi connectivity index (χ1n) is 6.22. The molecular formula is C14H22FNO. The Morgan fingerprint density at radius 3 is 2.76 bits per heavy atom. The van der Waals surface area contributed by atoms with Crippen LogP contribution in [-0.2, 0) is 6.54 Å². The maximum absolute atomic E-state index is 13.3. The Balaban J connectivity index is 2.57. The van der Waals surface area contributed by atoms with Crippen LogP contribution in [-0.4, -0.2) is 13.7 Å². The van der Waals surface area contributed by atoms with Crippen molar-refractivity contribution in [2.24, 2.45) is 5.92 Å². The summed E-state index contributed by atoms with van der Waals surface area (Å²) in [6.07, 6.45) is 2.29. The van der Waals surface area contributed by atoms with Crippen LogP contribution in [0.3, 0.4) is 0 Å². The van der Waals surface area contributed by atoms with Crippen LogP contribution in [0.5, 0.6) is 5.75 Å². The molecule has 1 N–H and O–H groups in total. The van der Waals surface area contributed by atoms with Crippen molar-refractivity contribution in [3.8, 4) is 5.75 Å². The minimum absolute atomic E-state index is 0.240. The molecule has 1 aromatic carbocycles. The maximum atomic E-state index is 13.3. The number of hydrogen-bond donors (Lipinski definition) is 1. The highest BCUT2D eigenvalue weighted by Crippen LogP contribution is 2.18. The third-order valence-electron chi connectivity index (χ3n) is 2.63. The van der Waals surface area contributed by atoms with Gasteiger partial charge in [0.05, 0.1) is 6.61 Å². The van der Waals surface area contributed by atoms with Gasteiger partial charge in [0, 0.05) is 12.6 Å². The fourth-order valence-corrected chi connectivity index (χ4v) is 1.82. The van der Waals surface area contributed by atoms with E-state index in [4.69, 9.17) is 4.74 Å². The molecule has 0 aromatic heterocycles. The number of nitrogens with one attached hydrogen (secondary N) is 1. The van der Waals surface area contributed by atoms with Crippen molar-refractivity contribution in [1.82, 2.24) is 5.32 Å². The maximum Gasteiger partial charge on any atom is 0.127 e. The van der Waals surface area contributed by atoms with Crippen molar-refractivity contribution < 1.29 is 9.13 Å². The van der Waals surface area contributed by atoms with Gasteiger partial charge in [-0.2, -0.15) is 0 Å². The van der Waals surface area contributed by atoms with E-state index in [-0.39, 0.29) is 5.82 Å². The Hall–Kier alpha value is -1.09. The van der Waals surface area contributed by atoms with Crippen molar-refractivity contribution >= 4 is 0 Å². The van der Waals surface area contributed by atoms with Gasteiger partial charge in [-0.3, -0.25) is 0 Å². The summed E-state index contributed by atoms with van der Waals surface area (Å²) in [6, 6.07) is 4.86. The van der Waals surface area contributed by atoms with Crippen molar-refractivity contribution in [3.05, 3.63) is 29.6 Å². The molecule has 1 aromatic rings. The van der Waals surface area contributed by atoms with E-state index >= 15 is 0 Å². The smallest absolute Gasteiger partial charge is 0.127 e. The molecule has 3 heteroatoms. The Kier molecular flexibility index (Phi) is 5.98. The number of benzene rings is 1. The standard InChI is InChI=1S/C14H22FNO/c1-4-5-11(2)10-17-14-7-12(9-16-3)6-13(15)8-14/h6-8,11,16H,4-5,9-10H2,1-3H3. The predicted molar refractivity (Wildman–Crippen MR) is 68.7 cm³/mol. The van der Waals surface area contributed by atoms with Gasteiger partial charge in [-0.05, 0) is 37.1 Å². The van der Waals surface area contributed by atoms with Gasteiger partial charge in [-0.15, -0.1) is 0 Å². The zero-order chi connectivity index (χ0) is 12.7. The monoisotopic (exact) mass is 239 g/mol. The average molecular weight is 239 g/mol. The lowest BCUT2D eigenvalue weighted by atomic mass is 10.1. The van der Waals surface area contributed by atoms with E-state index in [0.29, 0.717) is 24.8 Å². The minimum Gasteiger partial charge on any atom is -0.493 e. The summed E-state index contributed by atoms with van der Waals surface area (Å²) in [4.78, 5) is 0. The second-order valence-corrected chi connectivity index (χ2v) is 4.53. The molecule has 0 saturated carbocycles. The zero-order valence-electron chi connectivity index (χ0n) is 10.9. The van der Waals surface area contributed by atoms with Crippen LogP contribution in [0, 0.1) is 11.7 Å². The molecule has 0 spiro atoms. The highest BCUT2D eigenvalue weighted by Gasteiger charge is 2.05. The lowest BCUT2D eigenvalue weighted by Crippen LogP contribution is -2.09. The Morgan fingerprint density at radius 1 is 1.35 bits per heavy atom. The third-order valence-corrected chi connectivity index (χ3v) is 2.63. The molecule has 0 radical (unpaired) electrons. The summed E-state index contributed by atoms with van der Waals surface area (Å²) in [7, 11) is 1.84. The highest BCUT2D eigenvalue weighted by atomic mass is 19.1. The van der Waals surface area contributed by atoms with Crippen LogP contribution in [0.1, 0.15) is 32.3 Å². The molecule has 96 valence electrons. The minimum atomic E-state index is -0.240. The summed E-state index contributed by atoms with van der Waals surface area (Å²) in [6.45, 7) is 5.61. The second-order valence-electron chi connectivity index (χ2n) is 4.53. The zero-order valence-corrected chi connectivity index (χ0v) is 10.9. The largest absolute Gasteiger partial charge is 0.493 e. The molecule has 1 rings (SSSR count). The van der Waals surface area contributed by atoms with Gasteiger partial charge in [-0.1, -0.05) is 20.3 Å². The molecule has 0 amide bonds. The predicted octanol–water partition coefficient (Wildman–Crippen LogP) is 3.36. The van der Waals surface area contributed by atoms with Crippen LogP contribution in [0.15, 0.2) is 18.2 Å². The molecular weight excluding hydrogens is 217 g/mol. The molecule has 0 aliphatic heterocycles. The lowest BCUT2D eigenvalue weighted by Gasteiger charge is -2.13. The van der Waals surface area contributed by atoms with Crippen molar-refractivity contribution in [3.63, 3.8) is 0 Å². The fraction of sp³-hybridized carbons (Fsp3) is 0.571. The van der Waals surface area contributed by atoms with Crippen LogP contribution in [0.25, 0.3) is 0 Å². The first-order chi connectivity index (χ1) is 8.15. The van der Waals surface area contributed by atoms with Gasteiger partial charge in [0.2, 0.25) is 0 Å². The van der Waals surface area contributed by atoms with E-state index < -0.39 is 0 Å². The van der Waals surface area contributed by atoms with Crippen molar-refractivity contribution in [2.75, 3.05) is 13.7 Å². The normalized spacial score (nSPS) is 12.5. The number of hydrogen-bond acceptors (Lipinski definition) is 2. The summed E-state index contributed by atoms with van der Waals surface area (Å²) < 4.78 is 18.9. The van der Waals surface area contributed by atoms with E-state index in [1.54, 1.807) is 0 Å². The van der Waals surface area contributed by atoms with Crippen LogP contribution < -0.4 is 10.1 Å². The molecule has 0 fully saturated rings. The Labute approximate surface area is 103 Å². The van der Waals surface area contributed by atoms with Crippen LogP contribution in [0.2, 0.25) is 0 Å². The molecule has 0 bridgehead atoms. The molecule has 17 heavy (non-hydrogen) atoms. The van der Waals surface area contributed by atoms with E-state index in [1.165, 1.54) is 12.1 Å². The molecule has 2 nitrogen and oxygen atoms in total. The fourth-order valence-electron chi connectivity index (χ4n) is 1.82.